The Bertz CT molecular complexity index is 900. The Morgan fingerprint density at radius 3 is 2.90 bits per heavy atom. The minimum Gasteiger partial charge on any atom is -0.492 e. The molecule has 9 heteroatoms. The number of urea groups is 1. The van der Waals surface area contributed by atoms with Gasteiger partial charge in [-0.2, -0.15) is 5.26 Å². The number of alkyl halides is 1. The molecule has 0 bridgehead atoms. The maximum absolute atomic E-state index is 13.1. The van der Waals surface area contributed by atoms with Crippen molar-refractivity contribution in [3.8, 4) is 6.07 Å². The first-order valence-electron chi connectivity index (χ1n) is 15.2. The van der Waals surface area contributed by atoms with Gasteiger partial charge in [-0.3, -0.25) is 4.90 Å². The van der Waals surface area contributed by atoms with Gasteiger partial charge < -0.3 is 24.6 Å². The SMILES string of the molecule is CCCCN(CC1CC1)C(=O)N(CC)C/C=C\CC(C)NCN1CCOCC1COC1=CC(Cl)CC(C#N)C=C1. The van der Waals surface area contributed by atoms with Crippen molar-refractivity contribution in [1.29, 1.82) is 5.26 Å². The van der Waals surface area contributed by atoms with Crippen molar-refractivity contribution in [1.82, 2.24) is 20.0 Å². The van der Waals surface area contributed by atoms with Crippen molar-refractivity contribution in [3.05, 3.63) is 36.1 Å². The molecule has 0 aromatic carbocycles. The minimum atomic E-state index is -0.214. The molecule has 0 spiro atoms. The fourth-order valence-corrected chi connectivity index (χ4v) is 5.21. The number of carbonyl (C=O) groups is 1. The molecule has 1 saturated carbocycles. The van der Waals surface area contributed by atoms with Crippen LogP contribution in [-0.2, 0) is 9.47 Å². The number of nitriles is 1. The lowest BCUT2D eigenvalue weighted by molar-refractivity contribution is -0.0359. The number of rotatable bonds is 16. The number of morpholine rings is 1. The van der Waals surface area contributed by atoms with Crippen LogP contribution in [0.2, 0.25) is 0 Å². The summed E-state index contributed by atoms with van der Waals surface area (Å²) >= 11 is 6.35. The molecule has 8 nitrogen and oxygen atoms in total. The first kappa shape index (κ1) is 32.5. The summed E-state index contributed by atoms with van der Waals surface area (Å²) in [5.41, 5.74) is 0. The highest BCUT2D eigenvalue weighted by molar-refractivity contribution is 6.21. The van der Waals surface area contributed by atoms with Gasteiger partial charge in [0.25, 0.3) is 0 Å². The van der Waals surface area contributed by atoms with Gasteiger partial charge in [-0.05, 0) is 64.0 Å². The van der Waals surface area contributed by atoms with Crippen LogP contribution in [0.25, 0.3) is 0 Å². The fraction of sp³-hybridized carbons (Fsp3) is 0.742. The summed E-state index contributed by atoms with van der Waals surface area (Å²) in [7, 11) is 0. The third-order valence-electron chi connectivity index (χ3n) is 7.78. The lowest BCUT2D eigenvalue weighted by atomic mass is 10.1. The van der Waals surface area contributed by atoms with Crippen LogP contribution in [0, 0.1) is 23.2 Å². The zero-order valence-corrected chi connectivity index (χ0v) is 25.5. The topological polar surface area (TPSA) is 81.1 Å². The molecule has 224 valence electrons. The van der Waals surface area contributed by atoms with Gasteiger partial charge in [-0.15, -0.1) is 11.6 Å². The average Bonchev–Trinajstić information content (AvgIpc) is 3.80. The molecule has 2 amide bonds. The van der Waals surface area contributed by atoms with Crippen LogP contribution in [0.15, 0.2) is 36.1 Å². The van der Waals surface area contributed by atoms with E-state index in [1.807, 2.05) is 23.1 Å². The van der Waals surface area contributed by atoms with Gasteiger partial charge in [0.05, 0.1) is 36.6 Å². The number of unbranched alkanes of at least 4 members (excludes halogenated alkanes) is 1. The highest BCUT2D eigenvalue weighted by Gasteiger charge is 2.28. The second-order valence-electron chi connectivity index (χ2n) is 11.3. The quantitative estimate of drug-likeness (QED) is 0.203. The third kappa shape index (κ3) is 11.4. The highest BCUT2D eigenvalue weighted by Crippen LogP contribution is 2.30. The van der Waals surface area contributed by atoms with E-state index in [1.165, 1.54) is 12.8 Å². The molecule has 3 rings (SSSR count). The largest absolute Gasteiger partial charge is 0.492 e. The molecular weight excluding hydrogens is 526 g/mol. The molecular formula is C31H50ClN5O3. The second kappa shape index (κ2) is 17.7. The van der Waals surface area contributed by atoms with Gasteiger partial charge in [-0.25, -0.2) is 4.79 Å². The van der Waals surface area contributed by atoms with Crippen LogP contribution in [0.4, 0.5) is 4.79 Å². The fourth-order valence-electron chi connectivity index (χ4n) is 4.90. The number of nitrogens with zero attached hydrogens (tertiary/aromatic N) is 4. The summed E-state index contributed by atoms with van der Waals surface area (Å²) in [4.78, 5) is 19.5. The Labute approximate surface area is 247 Å². The molecule has 1 N–H and O–H groups in total. The number of amides is 2. The van der Waals surface area contributed by atoms with Crippen LogP contribution in [0.3, 0.4) is 0 Å². The maximum Gasteiger partial charge on any atom is 0.320 e. The number of carbonyl (C=O) groups excluding carboxylic acids is 1. The van der Waals surface area contributed by atoms with E-state index in [0.717, 1.165) is 57.9 Å². The van der Waals surface area contributed by atoms with Crippen molar-refractivity contribution < 1.29 is 14.3 Å². The lowest BCUT2D eigenvalue weighted by Gasteiger charge is -2.36. The van der Waals surface area contributed by atoms with Crippen LogP contribution < -0.4 is 5.32 Å². The number of hydrogen-bond acceptors (Lipinski definition) is 6. The molecule has 40 heavy (non-hydrogen) atoms. The van der Waals surface area contributed by atoms with E-state index in [4.69, 9.17) is 21.1 Å². The van der Waals surface area contributed by atoms with Crippen molar-refractivity contribution in [2.24, 2.45) is 11.8 Å². The Morgan fingerprint density at radius 2 is 2.17 bits per heavy atom. The van der Waals surface area contributed by atoms with Crippen molar-refractivity contribution >= 4 is 17.6 Å². The summed E-state index contributed by atoms with van der Waals surface area (Å²) in [6.07, 6.45) is 16.1. The molecule has 4 atom stereocenters. The van der Waals surface area contributed by atoms with Crippen LogP contribution in [0.5, 0.6) is 0 Å². The molecule has 0 aromatic heterocycles. The molecule has 3 aliphatic rings. The number of likely N-dealkylation sites (N-methyl/N-ethyl adjacent to an activating group) is 1. The Hall–Kier alpha value is -2.05. The van der Waals surface area contributed by atoms with Gasteiger partial charge in [0.1, 0.15) is 12.4 Å². The third-order valence-corrected chi connectivity index (χ3v) is 8.08. The van der Waals surface area contributed by atoms with Gasteiger partial charge in [0, 0.05) is 45.4 Å². The van der Waals surface area contributed by atoms with Crippen LogP contribution >= 0.6 is 11.6 Å². The first-order valence-corrected chi connectivity index (χ1v) is 15.7. The Morgan fingerprint density at radius 1 is 1.35 bits per heavy atom. The van der Waals surface area contributed by atoms with Gasteiger partial charge >= 0.3 is 6.03 Å². The van der Waals surface area contributed by atoms with Gasteiger partial charge in [0.2, 0.25) is 0 Å². The first-order chi connectivity index (χ1) is 19.4. The number of hydrogen-bond donors (Lipinski definition) is 1. The standard InChI is InChI=1S/C31H50ClN5O3/c1-4-6-14-36(21-26-10-11-26)31(38)35(5-2)15-8-7-9-25(3)34-24-37-16-17-39-22-29(37)23-40-30-13-12-27(20-33)18-28(32)19-30/h7-8,12-13,19,25-29,34H,4-6,9-11,14-18,21-24H2,1-3H3/b8-7-. The predicted molar refractivity (Wildman–Crippen MR) is 161 cm³/mol. The second-order valence-corrected chi connectivity index (χ2v) is 11.9. The summed E-state index contributed by atoms with van der Waals surface area (Å²) in [5, 5.41) is 12.6. The number of ether oxygens (including phenoxy) is 2. The summed E-state index contributed by atoms with van der Waals surface area (Å²) in [5.74, 6) is 1.24. The van der Waals surface area contributed by atoms with E-state index in [0.29, 0.717) is 44.7 Å². The van der Waals surface area contributed by atoms with Crippen LogP contribution in [-0.4, -0.2) is 97.4 Å². The summed E-state index contributed by atoms with van der Waals surface area (Å²) in [6, 6.07) is 2.88. The zero-order valence-electron chi connectivity index (χ0n) is 24.8. The maximum atomic E-state index is 13.1. The molecule has 1 saturated heterocycles. The molecule has 0 aromatic rings. The van der Waals surface area contributed by atoms with E-state index in [1.54, 1.807) is 0 Å². The van der Waals surface area contributed by atoms with Crippen molar-refractivity contribution in [2.45, 2.75) is 76.8 Å². The van der Waals surface area contributed by atoms with Gasteiger partial charge in [-0.1, -0.05) is 31.6 Å². The average molecular weight is 576 g/mol. The zero-order chi connectivity index (χ0) is 28.7. The number of allylic oxidation sites excluding steroid dienone is 3. The molecule has 0 radical (unpaired) electrons. The van der Waals surface area contributed by atoms with Crippen molar-refractivity contribution in [3.63, 3.8) is 0 Å². The summed E-state index contributed by atoms with van der Waals surface area (Å²) in [6.45, 7) is 13.0. The molecule has 1 aliphatic heterocycles. The van der Waals surface area contributed by atoms with Gasteiger partial charge in [0.15, 0.2) is 0 Å². The molecule has 1 heterocycles. The number of nitrogens with one attached hydrogen (secondary N) is 1. The smallest absolute Gasteiger partial charge is 0.320 e. The van der Waals surface area contributed by atoms with Crippen molar-refractivity contribution in [2.75, 3.05) is 59.2 Å². The Kier molecular flexibility index (Phi) is 14.4. The van der Waals surface area contributed by atoms with E-state index >= 15 is 0 Å². The van der Waals surface area contributed by atoms with E-state index in [9.17, 15) is 10.1 Å². The monoisotopic (exact) mass is 575 g/mol. The predicted octanol–water partition coefficient (Wildman–Crippen LogP) is 5.13. The summed E-state index contributed by atoms with van der Waals surface area (Å²) < 4.78 is 11.8. The molecule has 4 unspecified atom stereocenters. The number of halogens is 1. The molecule has 2 aliphatic carbocycles. The molecule has 2 fully saturated rings. The van der Waals surface area contributed by atoms with Crippen LogP contribution in [0.1, 0.15) is 59.3 Å². The lowest BCUT2D eigenvalue weighted by Crippen LogP contribution is -2.52. The minimum absolute atomic E-state index is 0.137. The normalized spacial score (nSPS) is 24.3. The Balaban J connectivity index is 1.40. The highest BCUT2D eigenvalue weighted by atomic mass is 35.5. The van der Waals surface area contributed by atoms with E-state index < -0.39 is 0 Å². The van der Waals surface area contributed by atoms with E-state index in [-0.39, 0.29) is 23.4 Å². The van der Waals surface area contributed by atoms with E-state index in [2.05, 4.69) is 54.1 Å².